The molecule has 3 aromatic rings. The van der Waals surface area contributed by atoms with Crippen molar-refractivity contribution in [3.63, 3.8) is 0 Å². The van der Waals surface area contributed by atoms with Crippen LogP contribution in [-0.2, 0) is 0 Å². The van der Waals surface area contributed by atoms with Crippen LogP contribution in [0.3, 0.4) is 0 Å². The van der Waals surface area contributed by atoms with E-state index in [4.69, 9.17) is 0 Å². The van der Waals surface area contributed by atoms with E-state index in [1.165, 1.54) is 0 Å². The predicted molar refractivity (Wildman–Crippen MR) is 111 cm³/mol. The van der Waals surface area contributed by atoms with E-state index in [2.05, 4.69) is 36.4 Å². The first kappa shape index (κ1) is 19.1. The number of carbonyl (C=O) groups is 1. The largest absolute Gasteiger partial charge is 0.367 e. The summed E-state index contributed by atoms with van der Waals surface area (Å²) in [6.07, 6.45) is 1.74. The number of nitrogens with one attached hydrogen (secondary N) is 4. The van der Waals surface area contributed by atoms with Gasteiger partial charge in [-0.3, -0.25) is 0 Å². The van der Waals surface area contributed by atoms with Gasteiger partial charge in [0.1, 0.15) is 11.6 Å². The minimum absolute atomic E-state index is 0.243. The van der Waals surface area contributed by atoms with Crippen LogP contribution in [-0.4, -0.2) is 34.3 Å². The van der Waals surface area contributed by atoms with Gasteiger partial charge in [-0.15, -0.1) is 10.2 Å². The molecular weight excluding hydrogens is 354 g/mol. The molecule has 0 saturated carbocycles. The number of aryl methyl sites for hydroxylation is 2. The van der Waals surface area contributed by atoms with Gasteiger partial charge in [0.05, 0.1) is 0 Å². The van der Waals surface area contributed by atoms with Crippen molar-refractivity contribution in [2.24, 2.45) is 0 Å². The zero-order chi connectivity index (χ0) is 19.8. The number of urea groups is 1. The highest BCUT2D eigenvalue weighted by Gasteiger charge is 2.03. The Morgan fingerprint density at radius 3 is 2.46 bits per heavy atom. The molecule has 2 amide bonds. The van der Waals surface area contributed by atoms with Crippen LogP contribution in [0, 0.1) is 13.8 Å². The minimum atomic E-state index is -0.243. The second-order valence-electron chi connectivity index (χ2n) is 6.27. The van der Waals surface area contributed by atoms with Gasteiger partial charge in [-0.25, -0.2) is 9.78 Å². The van der Waals surface area contributed by atoms with E-state index in [1.807, 2.05) is 62.4 Å². The summed E-state index contributed by atoms with van der Waals surface area (Å²) in [4.78, 5) is 16.2. The summed E-state index contributed by atoms with van der Waals surface area (Å²) in [6.45, 7) is 4.93. The molecule has 0 saturated heterocycles. The zero-order valence-electron chi connectivity index (χ0n) is 15.9. The number of aromatic nitrogens is 3. The molecule has 28 heavy (non-hydrogen) atoms. The SMILES string of the molecule is Cc1ccnc(Nc2ccc(NCCNC(=O)Nc3ccccc3C)nn2)c1. The molecular formula is C20H23N7O. The molecule has 0 aliphatic heterocycles. The molecule has 0 atom stereocenters. The normalized spacial score (nSPS) is 10.2. The molecule has 0 aliphatic carbocycles. The molecule has 0 fully saturated rings. The lowest BCUT2D eigenvalue weighted by Gasteiger charge is -2.10. The lowest BCUT2D eigenvalue weighted by Crippen LogP contribution is -2.32. The zero-order valence-corrected chi connectivity index (χ0v) is 15.9. The molecule has 4 N–H and O–H groups in total. The maximum atomic E-state index is 11.9. The molecule has 3 rings (SSSR count). The fraction of sp³-hybridized carbons (Fsp3) is 0.200. The van der Waals surface area contributed by atoms with Crippen molar-refractivity contribution in [1.29, 1.82) is 0 Å². The average molecular weight is 377 g/mol. The molecule has 8 heteroatoms. The number of hydrogen-bond acceptors (Lipinski definition) is 6. The third-order valence-corrected chi connectivity index (χ3v) is 3.95. The van der Waals surface area contributed by atoms with Crippen molar-refractivity contribution < 1.29 is 4.79 Å². The highest BCUT2D eigenvalue weighted by atomic mass is 16.2. The summed E-state index contributed by atoms with van der Waals surface area (Å²) in [6, 6.07) is 14.9. The lowest BCUT2D eigenvalue weighted by atomic mass is 10.2. The van der Waals surface area contributed by atoms with Gasteiger partial charge in [0.2, 0.25) is 0 Å². The van der Waals surface area contributed by atoms with E-state index in [0.717, 1.165) is 22.6 Å². The Morgan fingerprint density at radius 1 is 0.929 bits per heavy atom. The third kappa shape index (κ3) is 5.66. The van der Waals surface area contributed by atoms with E-state index < -0.39 is 0 Å². The van der Waals surface area contributed by atoms with Crippen LogP contribution in [0.5, 0.6) is 0 Å². The lowest BCUT2D eigenvalue weighted by molar-refractivity contribution is 0.252. The highest BCUT2D eigenvalue weighted by molar-refractivity contribution is 5.90. The summed E-state index contributed by atoms with van der Waals surface area (Å²) in [5, 5.41) is 20.1. The van der Waals surface area contributed by atoms with Crippen molar-refractivity contribution in [1.82, 2.24) is 20.5 Å². The second kappa shape index (κ2) is 9.31. The van der Waals surface area contributed by atoms with Gasteiger partial charge in [0.15, 0.2) is 5.82 Å². The predicted octanol–water partition coefficient (Wildman–Crippen LogP) is 3.47. The topological polar surface area (TPSA) is 104 Å². The van der Waals surface area contributed by atoms with Crippen LogP contribution < -0.4 is 21.3 Å². The van der Waals surface area contributed by atoms with Gasteiger partial charge < -0.3 is 21.3 Å². The van der Waals surface area contributed by atoms with E-state index in [-0.39, 0.29) is 6.03 Å². The van der Waals surface area contributed by atoms with Gasteiger partial charge >= 0.3 is 6.03 Å². The Hall–Kier alpha value is -3.68. The molecule has 0 aliphatic rings. The summed E-state index contributed by atoms with van der Waals surface area (Å²) in [5.41, 5.74) is 2.92. The van der Waals surface area contributed by atoms with Crippen molar-refractivity contribution in [2.75, 3.05) is 29.0 Å². The first-order valence-corrected chi connectivity index (χ1v) is 8.98. The number of para-hydroxylation sites is 1. The Bertz CT molecular complexity index is 928. The third-order valence-electron chi connectivity index (χ3n) is 3.95. The van der Waals surface area contributed by atoms with Crippen molar-refractivity contribution >= 4 is 29.2 Å². The van der Waals surface area contributed by atoms with E-state index >= 15 is 0 Å². The van der Waals surface area contributed by atoms with E-state index in [9.17, 15) is 4.79 Å². The number of benzene rings is 1. The second-order valence-corrected chi connectivity index (χ2v) is 6.27. The quantitative estimate of drug-likeness (QED) is 0.470. The van der Waals surface area contributed by atoms with Gasteiger partial charge in [-0.1, -0.05) is 18.2 Å². The number of hydrogen-bond donors (Lipinski definition) is 4. The molecule has 1 aromatic carbocycles. The number of rotatable bonds is 7. The molecule has 0 bridgehead atoms. The van der Waals surface area contributed by atoms with Crippen LogP contribution in [0.4, 0.5) is 27.9 Å². The van der Waals surface area contributed by atoms with E-state index in [1.54, 1.807) is 6.20 Å². The van der Waals surface area contributed by atoms with Gasteiger partial charge in [0, 0.05) is 25.0 Å². The first-order valence-electron chi connectivity index (χ1n) is 8.98. The fourth-order valence-electron chi connectivity index (χ4n) is 2.48. The molecule has 144 valence electrons. The molecule has 8 nitrogen and oxygen atoms in total. The number of carbonyl (C=O) groups excluding carboxylic acids is 1. The summed E-state index contributed by atoms with van der Waals surface area (Å²) in [7, 11) is 0. The highest BCUT2D eigenvalue weighted by Crippen LogP contribution is 2.14. The van der Waals surface area contributed by atoms with Gasteiger partial charge in [0.25, 0.3) is 0 Å². The van der Waals surface area contributed by atoms with E-state index in [0.29, 0.717) is 24.7 Å². The number of anilines is 4. The van der Waals surface area contributed by atoms with Crippen molar-refractivity contribution in [2.45, 2.75) is 13.8 Å². The Morgan fingerprint density at radius 2 is 1.71 bits per heavy atom. The van der Waals surface area contributed by atoms with Crippen LogP contribution >= 0.6 is 0 Å². The summed E-state index contributed by atoms with van der Waals surface area (Å²) >= 11 is 0. The number of pyridine rings is 1. The molecule has 0 radical (unpaired) electrons. The summed E-state index contributed by atoms with van der Waals surface area (Å²) < 4.78 is 0. The maximum Gasteiger partial charge on any atom is 0.319 e. The standard InChI is InChI=1S/C20H23N7O/c1-14-9-10-21-19(13-14)25-18-8-7-17(26-27-18)22-11-12-23-20(28)24-16-6-4-3-5-15(16)2/h3-10,13H,11-12H2,1-2H3,(H,22,26)(H,21,25,27)(H2,23,24,28). The number of nitrogens with zero attached hydrogens (tertiary/aromatic N) is 3. The Kier molecular flexibility index (Phi) is 6.35. The molecule has 0 unspecified atom stereocenters. The monoisotopic (exact) mass is 377 g/mol. The smallest absolute Gasteiger partial charge is 0.319 e. The molecule has 0 spiro atoms. The Balaban J connectivity index is 1.40. The average Bonchev–Trinajstić information content (AvgIpc) is 2.68. The number of amides is 2. The van der Waals surface area contributed by atoms with Crippen LogP contribution in [0.15, 0.2) is 54.7 Å². The molecule has 2 aromatic heterocycles. The Labute approximate surface area is 163 Å². The van der Waals surface area contributed by atoms with Crippen LogP contribution in [0.2, 0.25) is 0 Å². The maximum absolute atomic E-state index is 11.9. The van der Waals surface area contributed by atoms with Crippen LogP contribution in [0.25, 0.3) is 0 Å². The van der Waals surface area contributed by atoms with Crippen LogP contribution in [0.1, 0.15) is 11.1 Å². The van der Waals surface area contributed by atoms with Gasteiger partial charge in [-0.2, -0.15) is 0 Å². The van der Waals surface area contributed by atoms with Crippen molar-refractivity contribution in [3.8, 4) is 0 Å². The minimum Gasteiger partial charge on any atom is -0.367 e. The summed E-state index contributed by atoms with van der Waals surface area (Å²) in [5.74, 6) is 1.96. The first-order chi connectivity index (χ1) is 13.6. The fourth-order valence-corrected chi connectivity index (χ4v) is 2.48. The van der Waals surface area contributed by atoms with Crippen molar-refractivity contribution in [3.05, 3.63) is 65.9 Å². The molecule has 2 heterocycles. The van der Waals surface area contributed by atoms with Gasteiger partial charge in [-0.05, 0) is 55.3 Å².